The average Bonchev–Trinajstić information content (AvgIpc) is 3.11. The number of carbonyl (C=O) groups is 2. The SMILES string of the molecule is COc1ccccc1OCCNC(=O)COC(=O)C1CCCC1. The minimum atomic E-state index is -0.319. The van der Waals surface area contributed by atoms with Crippen LogP contribution in [-0.2, 0) is 14.3 Å². The van der Waals surface area contributed by atoms with E-state index >= 15 is 0 Å². The number of amides is 1. The summed E-state index contributed by atoms with van der Waals surface area (Å²) in [6, 6.07) is 7.30. The topological polar surface area (TPSA) is 73.9 Å². The second kappa shape index (κ2) is 9.02. The summed E-state index contributed by atoms with van der Waals surface area (Å²) in [5.74, 6) is 0.654. The van der Waals surface area contributed by atoms with E-state index in [0.717, 1.165) is 25.7 Å². The van der Waals surface area contributed by atoms with Gasteiger partial charge in [-0.3, -0.25) is 9.59 Å². The molecule has 0 bridgehead atoms. The number of methoxy groups -OCH3 is 1. The lowest BCUT2D eigenvalue weighted by atomic mass is 10.1. The van der Waals surface area contributed by atoms with Gasteiger partial charge in [0.05, 0.1) is 19.6 Å². The Morgan fingerprint density at radius 1 is 1.17 bits per heavy atom. The van der Waals surface area contributed by atoms with Crippen LogP contribution in [0.2, 0.25) is 0 Å². The molecule has 0 unspecified atom stereocenters. The molecule has 6 heteroatoms. The third-order valence-corrected chi connectivity index (χ3v) is 3.78. The van der Waals surface area contributed by atoms with Crippen LogP contribution in [0.25, 0.3) is 0 Å². The molecule has 1 aliphatic carbocycles. The fourth-order valence-corrected chi connectivity index (χ4v) is 2.56. The van der Waals surface area contributed by atoms with Gasteiger partial charge < -0.3 is 19.5 Å². The Bertz CT molecular complexity index is 525. The zero-order chi connectivity index (χ0) is 16.5. The Kier molecular flexibility index (Phi) is 6.72. The first-order valence-electron chi connectivity index (χ1n) is 7.90. The van der Waals surface area contributed by atoms with E-state index in [0.29, 0.717) is 24.7 Å². The van der Waals surface area contributed by atoms with E-state index in [1.54, 1.807) is 19.2 Å². The van der Waals surface area contributed by atoms with Crippen LogP contribution in [0, 0.1) is 5.92 Å². The third-order valence-electron chi connectivity index (χ3n) is 3.78. The van der Waals surface area contributed by atoms with Gasteiger partial charge in [-0.25, -0.2) is 0 Å². The van der Waals surface area contributed by atoms with Gasteiger partial charge >= 0.3 is 5.97 Å². The van der Waals surface area contributed by atoms with Gasteiger partial charge in [-0.1, -0.05) is 25.0 Å². The van der Waals surface area contributed by atoms with E-state index in [-0.39, 0.29) is 24.4 Å². The van der Waals surface area contributed by atoms with Crippen LogP contribution in [0.5, 0.6) is 11.5 Å². The maximum absolute atomic E-state index is 11.7. The number of hydrogen-bond acceptors (Lipinski definition) is 5. The zero-order valence-corrected chi connectivity index (χ0v) is 13.4. The molecule has 1 aromatic rings. The number of ether oxygens (including phenoxy) is 3. The highest BCUT2D eigenvalue weighted by Gasteiger charge is 2.24. The minimum Gasteiger partial charge on any atom is -0.493 e. The molecule has 0 spiro atoms. The summed E-state index contributed by atoms with van der Waals surface area (Å²) in [7, 11) is 1.57. The predicted octanol–water partition coefficient (Wildman–Crippen LogP) is 1.92. The minimum absolute atomic E-state index is 0.0309. The molecule has 1 fully saturated rings. The molecular weight excluding hydrogens is 298 g/mol. The van der Waals surface area contributed by atoms with E-state index in [1.165, 1.54) is 0 Å². The fourth-order valence-electron chi connectivity index (χ4n) is 2.56. The van der Waals surface area contributed by atoms with Crippen molar-refractivity contribution in [1.29, 1.82) is 0 Å². The van der Waals surface area contributed by atoms with Gasteiger partial charge in [-0.2, -0.15) is 0 Å². The summed E-state index contributed by atoms with van der Waals surface area (Å²) in [5.41, 5.74) is 0. The lowest BCUT2D eigenvalue weighted by Crippen LogP contribution is -2.32. The summed E-state index contributed by atoms with van der Waals surface area (Å²) in [4.78, 5) is 23.3. The van der Waals surface area contributed by atoms with Crippen molar-refractivity contribution in [2.75, 3.05) is 26.9 Å². The summed E-state index contributed by atoms with van der Waals surface area (Å²) in [5, 5.41) is 2.65. The number of benzene rings is 1. The van der Waals surface area contributed by atoms with Crippen molar-refractivity contribution in [2.45, 2.75) is 25.7 Å². The average molecular weight is 321 g/mol. The second-order valence-corrected chi connectivity index (χ2v) is 5.44. The Morgan fingerprint density at radius 2 is 1.87 bits per heavy atom. The van der Waals surface area contributed by atoms with Crippen molar-refractivity contribution in [2.24, 2.45) is 5.92 Å². The van der Waals surface area contributed by atoms with Crippen LogP contribution >= 0.6 is 0 Å². The van der Waals surface area contributed by atoms with Crippen LogP contribution in [0.4, 0.5) is 0 Å². The number of esters is 1. The Labute approximate surface area is 136 Å². The molecule has 2 rings (SSSR count). The summed E-state index contributed by atoms with van der Waals surface area (Å²) < 4.78 is 15.7. The first-order valence-corrected chi connectivity index (χ1v) is 7.90. The van der Waals surface area contributed by atoms with Crippen LogP contribution in [0.1, 0.15) is 25.7 Å². The summed E-state index contributed by atoms with van der Waals surface area (Å²) in [6.07, 6.45) is 3.86. The number of carbonyl (C=O) groups excluding carboxylic acids is 2. The molecule has 126 valence electrons. The van der Waals surface area contributed by atoms with Crippen molar-refractivity contribution >= 4 is 11.9 Å². The van der Waals surface area contributed by atoms with Crippen LogP contribution in [-0.4, -0.2) is 38.7 Å². The molecule has 6 nitrogen and oxygen atoms in total. The molecule has 0 atom stereocenters. The van der Waals surface area contributed by atoms with Crippen molar-refractivity contribution in [1.82, 2.24) is 5.32 Å². The maximum Gasteiger partial charge on any atom is 0.309 e. The number of para-hydroxylation sites is 2. The highest BCUT2D eigenvalue weighted by molar-refractivity contribution is 5.81. The standard InChI is InChI=1S/C17H23NO5/c1-21-14-8-4-5-9-15(14)22-11-10-18-16(19)12-23-17(20)13-6-2-3-7-13/h4-5,8-9,13H,2-3,6-7,10-12H2,1H3,(H,18,19). The quantitative estimate of drug-likeness (QED) is 0.585. The van der Waals surface area contributed by atoms with E-state index in [1.807, 2.05) is 12.1 Å². The Hall–Kier alpha value is -2.24. The van der Waals surface area contributed by atoms with Crippen LogP contribution in [0.3, 0.4) is 0 Å². The number of rotatable bonds is 8. The van der Waals surface area contributed by atoms with Crippen molar-refractivity contribution in [3.8, 4) is 11.5 Å². The number of nitrogens with one attached hydrogen (secondary N) is 1. The van der Waals surface area contributed by atoms with E-state index in [2.05, 4.69) is 5.32 Å². The van der Waals surface area contributed by atoms with Crippen molar-refractivity contribution in [3.05, 3.63) is 24.3 Å². The fraction of sp³-hybridized carbons (Fsp3) is 0.529. The van der Waals surface area contributed by atoms with Crippen LogP contribution in [0.15, 0.2) is 24.3 Å². The van der Waals surface area contributed by atoms with Gasteiger partial charge in [-0.15, -0.1) is 0 Å². The smallest absolute Gasteiger partial charge is 0.309 e. The van der Waals surface area contributed by atoms with Gasteiger partial charge in [0, 0.05) is 0 Å². The largest absolute Gasteiger partial charge is 0.493 e. The molecule has 1 N–H and O–H groups in total. The molecule has 0 heterocycles. The highest BCUT2D eigenvalue weighted by atomic mass is 16.5. The van der Waals surface area contributed by atoms with Crippen LogP contribution < -0.4 is 14.8 Å². The molecule has 0 aromatic heterocycles. The molecule has 23 heavy (non-hydrogen) atoms. The van der Waals surface area contributed by atoms with Gasteiger partial charge in [0.25, 0.3) is 5.91 Å². The first kappa shape index (κ1) is 17.1. The Morgan fingerprint density at radius 3 is 2.57 bits per heavy atom. The zero-order valence-electron chi connectivity index (χ0n) is 13.4. The molecule has 1 aromatic carbocycles. The van der Waals surface area contributed by atoms with E-state index < -0.39 is 0 Å². The molecule has 1 aliphatic rings. The van der Waals surface area contributed by atoms with Gasteiger partial charge in [0.15, 0.2) is 18.1 Å². The summed E-state index contributed by atoms with van der Waals surface area (Å²) in [6.45, 7) is 0.407. The molecule has 1 amide bonds. The summed E-state index contributed by atoms with van der Waals surface area (Å²) >= 11 is 0. The Balaban J connectivity index is 1.60. The van der Waals surface area contributed by atoms with Gasteiger partial charge in [-0.05, 0) is 25.0 Å². The second-order valence-electron chi connectivity index (χ2n) is 5.44. The molecule has 0 saturated heterocycles. The van der Waals surface area contributed by atoms with Crippen molar-refractivity contribution < 1.29 is 23.8 Å². The normalized spacial score (nSPS) is 14.3. The van der Waals surface area contributed by atoms with Gasteiger partial charge in [0.1, 0.15) is 6.61 Å². The molecule has 0 aliphatic heterocycles. The van der Waals surface area contributed by atoms with E-state index in [9.17, 15) is 9.59 Å². The molecule has 1 saturated carbocycles. The van der Waals surface area contributed by atoms with E-state index in [4.69, 9.17) is 14.2 Å². The van der Waals surface area contributed by atoms with Gasteiger partial charge in [0.2, 0.25) is 0 Å². The number of hydrogen-bond donors (Lipinski definition) is 1. The molecule has 0 radical (unpaired) electrons. The third kappa shape index (κ3) is 5.47. The van der Waals surface area contributed by atoms with Crippen molar-refractivity contribution in [3.63, 3.8) is 0 Å². The molecular formula is C17H23NO5. The monoisotopic (exact) mass is 321 g/mol. The lowest BCUT2D eigenvalue weighted by molar-refractivity contribution is -0.152. The lowest BCUT2D eigenvalue weighted by Gasteiger charge is -2.11. The predicted molar refractivity (Wildman–Crippen MR) is 84.4 cm³/mol. The first-order chi connectivity index (χ1) is 11.2. The highest BCUT2D eigenvalue weighted by Crippen LogP contribution is 2.26. The maximum atomic E-state index is 11.7.